The summed E-state index contributed by atoms with van der Waals surface area (Å²) in [6, 6.07) is 0. The quantitative estimate of drug-likeness (QED) is 0.537. The first-order chi connectivity index (χ1) is 12.0. The minimum atomic E-state index is -0.265. The number of nitrogen functional groups attached to an aromatic ring is 1. The highest BCUT2D eigenvalue weighted by Crippen LogP contribution is 2.32. The zero-order chi connectivity index (χ0) is 18.1. The summed E-state index contributed by atoms with van der Waals surface area (Å²) in [5.74, 6) is 6.23. The topological polar surface area (TPSA) is 99.1 Å². The van der Waals surface area contributed by atoms with Gasteiger partial charge in [-0.2, -0.15) is 4.98 Å². The van der Waals surface area contributed by atoms with Gasteiger partial charge >= 0.3 is 0 Å². The van der Waals surface area contributed by atoms with Crippen LogP contribution in [0.2, 0.25) is 5.15 Å². The zero-order valence-electron chi connectivity index (χ0n) is 14.0. The molecule has 25 heavy (non-hydrogen) atoms. The van der Waals surface area contributed by atoms with Crippen LogP contribution in [0.3, 0.4) is 0 Å². The molecule has 128 valence electrons. The van der Waals surface area contributed by atoms with E-state index in [0.717, 1.165) is 16.9 Å². The first-order valence-corrected chi connectivity index (χ1v) is 7.80. The number of aryl methyl sites for hydroxylation is 1. The SMILES string of the molecule is COc1c(C)ncc(-n2cc(C#CCO)c3c(Cl)nc(N)nc32)c1C. The molecule has 7 nitrogen and oxygen atoms in total. The highest BCUT2D eigenvalue weighted by molar-refractivity contribution is 6.34. The van der Waals surface area contributed by atoms with Crippen molar-refractivity contribution in [2.45, 2.75) is 13.8 Å². The summed E-state index contributed by atoms with van der Waals surface area (Å²) in [6.07, 6.45) is 3.49. The number of halogens is 1. The van der Waals surface area contributed by atoms with Gasteiger partial charge in [0.1, 0.15) is 17.5 Å². The number of pyridine rings is 1. The Labute approximate surface area is 149 Å². The monoisotopic (exact) mass is 357 g/mol. The molecule has 0 unspecified atom stereocenters. The number of nitrogens with zero attached hydrogens (tertiary/aromatic N) is 4. The number of aliphatic hydroxyl groups excluding tert-OH is 1. The molecule has 0 aromatic carbocycles. The molecule has 3 aromatic heterocycles. The van der Waals surface area contributed by atoms with Gasteiger partial charge in [0.05, 0.1) is 35.6 Å². The Kier molecular flexibility index (Phi) is 4.49. The Morgan fingerprint density at radius 1 is 1.36 bits per heavy atom. The summed E-state index contributed by atoms with van der Waals surface area (Å²) < 4.78 is 7.25. The summed E-state index contributed by atoms with van der Waals surface area (Å²) >= 11 is 6.26. The Bertz CT molecular complexity index is 1030. The Morgan fingerprint density at radius 2 is 2.12 bits per heavy atom. The van der Waals surface area contributed by atoms with Gasteiger partial charge < -0.3 is 15.6 Å². The van der Waals surface area contributed by atoms with Crippen molar-refractivity contribution in [3.8, 4) is 23.3 Å². The molecular weight excluding hydrogens is 342 g/mol. The molecule has 0 amide bonds. The van der Waals surface area contributed by atoms with Gasteiger partial charge in [-0.1, -0.05) is 23.4 Å². The van der Waals surface area contributed by atoms with Crippen LogP contribution in [-0.4, -0.2) is 38.3 Å². The number of hydrogen-bond acceptors (Lipinski definition) is 6. The Balaban J connectivity index is 2.38. The summed E-state index contributed by atoms with van der Waals surface area (Å²) in [6.45, 7) is 3.54. The van der Waals surface area contributed by atoms with Crippen LogP contribution in [0.15, 0.2) is 12.4 Å². The standard InChI is InChI=1S/C17H16ClN5O2/c1-9-12(7-20-10(2)14(9)25-3)23-8-11(5-4-6-24)13-15(18)21-17(19)22-16(13)23/h7-8,24H,6H2,1-3H3,(H2,19,21,22). The van der Waals surface area contributed by atoms with E-state index in [1.54, 1.807) is 24.1 Å². The highest BCUT2D eigenvalue weighted by Gasteiger charge is 2.18. The van der Waals surface area contributed by atoms with E-state index in [2.05, 4.69) is 26.8 Å². The minimum Gasteiger partial charge on any atom is -0.494 e. The summed E-state index contributed by atoms with van der Waals surface area (Å²) in [7, 11) is 1.60. The molecule has 0 aliphatic rings. The smallest absolute Gasteiger partial charge is 0.223 e. The maximum absolute atomic E-state index is 8.99. The molecular formula is C17H16ClN5O2. The number of rotatable bonds is 2. The van der Waals surface area contributed by atoms with E-state index in [9.17, 15) is 0 Å². The number of nitrogens with two attached hydrogens (primary N) is 1. The van der Waals surface area contributed by atoms with E-state index in [1.807, 2.05) is 13.8 Å². The number of fused-ring (bicyclic) bond motifs is 1. The van der Waals surface area contributed by atoms with Gasteiger partial charge in [-0.05, 0) is 13.8 Å². The van der Waals surface area contributed by atoms with E-state index in [4.69, 9.17) is 27.2 Å². The zero-order valence-corrected chi connectivity index (χ0v) is 14.7. The number of ether oxygens (including phenoxy) is 1. The fourth-order valence-electron chi connectivity index (χ4n) is 2.76. The lowest BCUT2D eigenvalue weighted by Gasteiger charge is -2.13. The van der Waals surface area contributed by atoms with Gasteiger partial charge in [0.15, 0.2) is 5.65 Å². The van der Waals surface area contributed by atoms with Gasteiger partial charge in [0.25, 0.3) is 0 Å². The number of methoxy groups -OCH3 is 1. The molecule has 0 saturated heterocycles. The number of anilines is 1. The molecule has 0 aliphatic heterocycles. The minimum absolute atomic E-state index is 0.0585. The van der Waals surface area contributed by atoms with Crippen molar-refractivity contribution in [1.82, 2.24) is 19.5 Å². The first-order valence-electron chi connectivity index (χ1n) is 7.42. The second-order valence-electron chi connectivity index (χ2n) is 5.33. The van der Waals surface area contributed by atoms with E-state index in [-0.39, 0.29) is 17.7 Å². The largest absolute Gasteiger partial charge is 0.494 e. The van der Waals surface area contributed by atoms with Crippen molar-refractivity contribution in [3.63, 3.8) is 0 Å². The molecule has 3 rings (SSSR count). The summed E-state index contributed by atoms with van der Waals surface area (Å²) in [5.41, 5.74) is 9.30. The molecule has 8 heteroatoms. The molecule has 0 spiro atoms. The van der Waals surface area contributed by atoms with Crippen LogP contribution in [0.5, 0.6) is 5.75 Å². The first kappa shape index (κ1) is 17.0. The molecule has 0 bridgehead atoms. The van der Waals surface area contributed by atoms with Crippen LogP contribution in [0.4, 0.5) is 5.95 Å². The molecule has 0 atom stereocenters. The third kappa shape index (κ3) is 2.86. The molecule has 0 aliphatic carbocycles. The predicted molar refractivity (Wildman–Crippen MR) is 96.1 cm³/mol. The van der Waals surface area contributed by atoms with Gasteiger partial charge in [-0.3, -0.25) is 9.55 Å². The molecule has 3 aromatic rings. The normalized spacial score (nSPS) is 10.6. The molecule has 3 heterocycles. The van der Waals surface area contributed by atoms with Gasteiger partial charge in [-0.25, -0.2) is 4.98 Å². The van der Waals surface area contributed by atoms with Gasteiger partial charge in [-0.15, -0.1) is 0 Å². The van der Waals surface area contributed by atoms with Crippen molar-refractivity contribution in [2.75, 3.05) is 19.5 Å². The van der Waals surface area contributed by atoms with E-state index < -0.39 is 0 Å². The average Bonchev–Trinajstić information content (AvgIpc) is 2.92. The van der Waals surface area contributed by atoms with Crippen LogP contribution in [0, 0.1) is 25.7 Å². The van der Waals surface area contributed by atoms with Crippen LogP contribution >= 0.6 is 11.6 Å². The van der Waals surface area contributed by atoms with Crippen LogP contribution in [-0.2, 0) is 0 Å². The third-order valence-corrected chi connectivity index (χ3v) is 4.09. The third-order valence-electron chi connectivity index (χ3n) is 3.82. The lowest BCUT2D eigenvalue weighted by atomic mass is 10.2. The second-order valence-corrected chi connectivity index (χ2v) is 5.69. The Hall–Kier alpha value is -2.82. The highest BCUT2D eigenvalue weighted by atomic mass is 35.5. The maximum atomic E-state index is 8.99. The number of aliphatic hydroxyl groups is 1. The van der Waals surface area contributed by atoms with Crippen LogP contribution in [0.1, 0.15) is 16.8 Å². The molecule has 0 saturated carbocycles. The van der Waals surface area contributed by atoms with Gasteiger partial charge in [0, 0.05) is 11.8 Å². The van der Waals surface area contributed by atoms with Crippen molar-refractivity contribution < 1.29 is 9.84 Å². The average molecular weight is 358 g/mol. The van der Waals surface area contributed by atoms with Crippen molar-refractivity contribution in [1.29, 1.82) is 0 Å². The van der Waals surface area contributed by atoms with E-state index in [0.29, 0.717) is 22.3 Å². The van der Waals surface area contributed by atoms with E-state index in [1.165, 1.54) is 0 Å². The molecule has 3 N–H and O–H groups in total. The van der Waals surface area contributed by atoms with Crippen molar-refractivity contribution >= 4 is 28.6 Å². The maximum Gasteiger partial charge on any atom is 0.223 e. The van der Waals surface area contributed by atoms with E-state index >= 15 is 0 Å². The van der Waals surface area contributed by atoms with Crippen LogP contribution < -0.4 is 10.5 Å². The predicted octanol–water partition coefficient (Wildman–Crippen LogP) is 2.02. The second kappa shape index (κ2) is 6.59. The summed E-state index contributed by atoms with van der Waals surface area (Å²) in [4.78, 5) is 12.7. The Morgan fingerprint density at radius 3 is 2.80 bits per heavy atom. The summed E-state index contributed by atoms with van der Waals surface area (Å²) in [5, 5.41) is 9.76. The lowest BCUT2D eigenvalue weighted by molar-refractivity contribution is 0.350. The fraction of sp³-hybridized carbons (Fsp3) is 0.235. The van der Waals surface area contributed by atoms with Gasteiger partial charge in [0.2, 0.25) is 5.95 Å². The number of aromatic nitrogens is 4. The van der Waals surface area contributed by atoms with Crippen molar-refractivity contribution in [3.05, 3.63) is 34.4 Å². The number of hydrogen-bond donors (Lipinski definition) is 2. The fourth-order valence-corrected chi connectivity index (χ4v) is 3.03. The van der Waals surface area contributed by atoms with Crippen molar-refractivity contribution in [2.24, 2.45) is 0 Å². The lowest BCUT2D eigenvalue weighted by Crippen LogP contribution is -2.04. The molecule has 0 radical (unpaired) electrons. The van der Waals surface area contributed by atoms with Crippen LogP contribution in [0.25, 0.3) is 16.7 Å². The molecule has 0 fully saturated rings.